The van der Waals surface area contributed by atoms with Gasteiger partial charge in [0, 0.05) is 10.6 Å². The van der Waals surface area contributed by atoms with E-state index in [-0.39, 0.29) is 5.78 Å². The molecule has 0 aliphatic carbocycles. The summed E-state index contributed by atoms with van der Waals surface area (Å²) in [7, 11) is 0. The minimum Gasteiger partial charge on any atom is -0.289 e. The van der Waals surface area contributed by atoms with Gasteiger partial charge in [0.1, 0.15) is 4.34 Å². The Balaban J connectivity index is 2.47. The lowest BCUT2D eigenvalue weighted by Gasteiger charge is -2.04. The number of carbonyl (C=O) groups excluding carboxylic acids is 1. The average Bonchev–Trinajstić information content (AvgIpc) is 2.57. The highest BCUT2D eigenvalue weighted by atomic mass is 35.5. The summed E-state index contributed by atoms with van der Waals surface area (Å²) in [4.78, 5) is 12.2. The van der Waals surface area contributed by atoms with Gasteiger partial charge >= 0.3 is 0 Å². The Morgan fingerprint density at radius 3 is 2.35 bits per heavy atom. The zero-order chi connectivity index (χ0) is 12.6. The van der Waals surface area contributed by atoms with Gasteiger partial charge in [-0.25, -0.2) is 0 Å². The Morgan fingerprint density at radius 1 is 1.12 bits per heavy atom. The molecular weight excluding hydrogens is 299 g/mol. The molecule has 1 nitrogen and oxygen atoms in total. The molecule has 0 N–H and O–H groups in total. The standard InChI is InChI=1S/C12H7Cl3OS/c1-6-4-7(13)2-3-8(6)11(16)9-5-10(14)17-12(9)15/h2-5H,1H3. The molecule has 88 valence electrons. The molecule has 0 amide bonds. The van der Waals surface area contributed by atoms with Crippen LogP contribution in [-0.4, -0.2) is 5.78 Å². The third-order valence-corrected chi connectivity index (χ3v) is 4.06. The maximum Gasteiger partial charge on any atom is 0.195 e. The third-order valence-electron chi connectivity index (χ3n) is 2.33. The summed E-state index contributed by atoms with van der Waals surface area (Å²) >= 11 is 18.8. The van der Waals surface area contributed by atoms with Crippen molar-refractivity contribution < 1.29 is 4.79 Å². The highest BCUT2D eigenvalue weighted by Gasteiger charge is 2.17. The van der Waals surface area contributed by atoms with Crippen LogP contribution in [0.1, 0.15) is 21.5 Å². The van der Waals surface area contributed by atoms with E-state index in [9.17, 15) is 4.79 Å². The molecule has 2 rings (SSSR count). The van der Waals surface area contributed by atoms with Gasteiger partial charge in [-0.05, 0) is 36.8 Å². The lowest BCUT2D eigenvalue weighted by atomic mass is 10.0. The molecule has 1 aromatic heterocycles. The highest BCUT2D eigenvalue weighted by Crippen LogP contribution is 2.33. The van der Waals surface area contributed by atoms with Crippen molar-refractivity contribution in [2.45, 2.75) is 6.92 Å². The second kappa shape index (κ2) is 4.99. The zero-order valence-electron chi connectivity index (χ0n) is 8.76. The van der Waals surface area contributed by atoms with Gasteiger partial charge in [-0.1, -0.05) is 34.8 Å². The van der Waals surface area contributed by atoms with Crippen LogP contribution < -0.4 is 0 Å². The van der Waals surface area contributed by atoms with Gasteiger partial charge < -0.3 is 0 Å². The van der Waals surface area contributed by atoms with Crippen LogP contribution in [0.25, 0.3) is 0 Å². The van der Waals surface area contributed by atoms with Crippen LogP contribution in [0.5, 0.6) is 0 Å². The quantitative estimate of drug-likeness (QED) is 0.693. The van der Waals surface area contributed by atoms with E-state index in [1.54, 1.807) is 24.3 Å². The van der Waals surface area contributed by atoms with E-state index in [4.69, 9.17) is 34.8 Å². The van der Waals surface area contributed by atoms with Gasteiger partial charge in [0.15, 0.2) is 5.78 Å². The highest BCUT2D eigenvalue weighted by molar-refractivity contribution is 7.20. The topological polar surface area (TPSA) is 17.1 Å². The van der Waals surface area contributed by atoms with Crippen LogP contribution in [0.15, 0.2) is 24.3 Å². The Hall–Kier alpha value is -0.540. The Labute approximate surface area is 118 Å². The Morgan fingerprint density at radius 2 is 1.82 bits per heavy atom. The van der Waals surface area contributed by atoms with Crippen LogP contribution in [0, 0.1) is 6.92 Å². The van der Waals surface area contributed by atoms with E-state index >= 15 is 0 Å². The van der Waals surface area contributed by atoms with Gasteiger partial charge in [0.25, 0.3) is 0 Å². The van der Waals surface area contributed by atoms with Crippen molar-refractivity contribution in [2.24, 2.45) is 0 Å². The van der Waals surface area contributed by atoms with E-state index in [0.29, 0.717) is 24.8 Å². The molecule has 0 radical (unpaired) electrons. The first kappa shape index (κ1) is 12.9. The molecule has 0 aliphatic rings. The molecule has 1 aromatic carbocycles. The van der Waals surface area contributed by atoms with E-state index < -0.39 is 0 Å². The SMILES string of the molecule is Cc1cc(Cl)ccc1C(=O)c1cc(Cl)sc1Cl. The lowest BCUT2D eigenvalue weighted by Crippen LogP contribution is -2.02. The van der Waals surface area contributed by atoms with Crippen LogP contribution in [0.4, 0.5) is 0 Å². The number of thiophene rings is 1. The molecule has 0 atom stereocenters. The van der Waals surface area contributed by atoms with Crippen LogP contribution in [-0.2, 0) is 0 Å². The Bertz CT molecular complexity index is 589. The predicted octanol–water partition coefficient (Wildman–Crippen LogP) is 5.25. The molecule has 2 aromatic rings. The number of aryl methyl sites for hydroxylation is 1. The molecule has 0 aliphatic heterocycles. The molecule has 0 bridgehead atoms. The zero-order valence-corrected chi connectivity index (χ0v) is 11.8. The van der Waals surface area contributed by atoms with E-state index in [2.05, 4.69) is 0 Å². The fourth-order valence-corrected chi connectivity index (χ4v) is 3.21. The first-order chi connectivity index (χ1) is 7.99. The van der Waals surface area contributed by atoms with Crippen LogP contribution >= 0.6 is 46.1 Å². The second-order valence-electron chi connectivity index (χ2n) is 3.53. The molecule has 0 saturated carbocycles. The van der Waals surface area contributed by atoms with Crippen LogP contribution in [0.3, 0.4) is 0 Å². The van der Waals surface area contributed by atoms with Crippen molar-refractivity contribution in [2.75, 3.05) is 0 Å². The first-order valence-electron chi connectivity index (χ1n) is 4.74. The first-order valence-corrected chi connectivity index (χ1v) is 6.70. The lowest BCUT2D eigenvalue weighted by molar-refractivity contribution is 0.103. The molecule has 17 heavy (non-hydrogen) atoms. The molecule has 0 unspecified atom stereocenters. The number of ketones is 1. The molecule has 1 heterocycles. The molecule has 5 heteroatoms. The van der Waals surface area contributed by atoms with E-state index in [1.807, 2.05) is 6.92 Å². The molecular formula is C12H7Cl3OS. The minimum absolute atomic E-state index is 0.132. The van der Waals surface area contributed by atoms with E-state index in [1.165, 1.54) is 11.3 Å². The summed E-state index contributed by atoms with van der Waals surface area (Å²) in [6.45, 7) is 1.83. The summed E-state index contributed by atoms with van der Waals surface area (Å²) in [5, 5.41) is 0.605. The number of hydrogen-bond acceptors (Lipinski definition) is 2. The summed E-state index contributed by atoms with van der Waals surface area (Å²) in [6, 6.07) is 6.72. The smallest absolute Gasteiger partial charge is 0.195 e. The second-order valence-corrected chi connectivity index (χ2v) is 6.25. The maximum absolute atomic E-state index is 12.2. The van der Waals surface area contributed by atoms with Crippen molar-refractivity contribution >= 4 is 51.9 Å². The number of benzene rings is 1. The number of carbonyl (C=O) groups is 1. The van der Waals surface area contributed by atoms with Gasteiger partial charge in [0.05, 0.1) is 9.90 Å². The normalized spacial score (nSPS) is 10.6. The monoisotopic (exact) mass is 304 g/mol. The predicted molar refractivity (Wildman–Crippen MR) is 74.0 cm³/mol. The average molecular weight is 306 g/mol. The summed E-state index contributed by atoms with van der Waals surface area (Å²) in [5.74, 6) is -0.132. The fourth-order valence-electron chi connectivity index (χ4n) is 1.52. The van der Waals surface area contributed by atoms with Gasteiger partial charge in [-0.3, -0.25) is 4.79 Å². The van der Waals surface area contributed by atoms with Crippen LogP contribution in [0.2, 0.25) is 13.7 Å². The van der Waals surface area contributed by atoms with Gasteiger partial charge in [-0.2, -0.15) is 0 Å². The van der Waals surface area contributed by atoms with Crippen molar-refractivity contribution in [3.8, 4) is 0 Å². The fraction of sp³-hybridized carbons (Fsp3) is 0.0833. The van der Waals surface area contributed by atoms with Gasteiger partial charge in [0.2, 0.25) is 0 Å². The van der Waals surface area contributed by atoms with Crippen molar-refractivity contribution in [3.05, 3.63) is 54.7 Å². The Kier molecular flexibility index (Phi) is 3.79. The van der Waals surface area contributed by atoms with Crippen molar-refractivity contribution in [1.29, 1.82) is 0 Å². The molecule has 0 spiro atoms. The summed E-state index contributed by atoms with van der Waals surface area (Å²) in [6.07, 6.45) is 0. The minimum atomic E-state index is -0.132. The maximum atomic E-state index is 12.2. The third kappa shape index (κ3) is 2.66. The summed E-state index contributed by atoms with van der Waals surface area (Å²) < 4.78 is 0.916. The number of hydrogen-bond donors (Lipinski definition) is 0. The van der Waals surface area contributed by atoms with Gasteiger partial charge in [-0.15, -0.1) is 11.3 Å². The number of halogens is 3. The number of rotatable bonds is 2. The van der Waals surface area contributed by atoms with Crippen molar-refractivity contribution in [3.63, 3.8) is 0 Å². The largest absolute Gasteiger partial charge is 0.289 e. The van der Waals surface area contributed by atoms with Crippen molar-refractivity contribution in [1.82, 2.24) is 0 Å². The van der Waals surface area contributed by atoms with E-state index in [0.717, 1.165) is 5.56 Å². The summed E-state index contributed by atoms with van der Waals surface area (Å²) in [5.41, 5.74) is 1.85. The molecule has 0 fully saturated rings. The molecule has 0 saturated heterocycles.